The van der Waals surface area contributed by atoms with Crippen LogP contribution >= 0.6 is 7.60 Å². The Balaban J connectivity index is 2.21. The van der Waals surface area contributed by atoms with Crippen LogP contribution in [0.3, 0.4) is 0 Å². The van der Waals surface area contributed by atoms with Gasteiger partial charge in [-0.05, 0) is 18.6 Å². The lowest BCUT2D eigenvalue weighted by atomic mass is 10.0. The van der Waals surface area contributed by atoms with E-state index in [1.54, 1.807) is 19.3 Å². The number of nitrogens with zero attached hydrogens (tertiary/aromatic N) is 1. The van der Waals surface area contributed by atoms with Gasteiger partial charge in [-0.2, -0.15) is 0 Å². The van der Waals surface area contributed by atoms with Crippen LogP contribution < -0.4 is 5.32 Å². The second-order valence-corrected chi connectivity index (χ2v) is 6.15. The third-order valence-corrected chi connectivity index (χ3v) is 5.04. The molecular formula is C11H17N2O3P. The van der Waals surface area contributed by atoms with Gasteiger partial charge in [-0.1, -0.05) is 6.07 Å². The van der Waals surface area contributed by atoms with Gasteiger partial charge in [-0.3, -0.25) is 9.55 Å². The largest absolute Gasteiger partial charge is 0.333 e. The monoisotopic (exact) mass is 256 g/mol. The third kappa shape index (κ3) is 2.75. The summed E-state index contributed by atoms with van der Waals surface area (Å²) in [6.45, 7) is 3.18. The first kappa shape index (κ1) is 12.7. The molecule has 1 aliphatic rings. The van der Waals surface area contributed by atoms with Crippen LogP contribution in [0.2, 0.25) is 0 Å². The molecule has 2 N–H and O–H groups in total. The fraction of sp³-hybridized carbons (Fsp3) is 0.545. The lowest BCUT2D eigenvalue weighted by Gasteiger charge is -2.23. The minimum atomic E-state index is -3.55. The maximum Gasteiger partial charge on any atom is 0.333 e. The van der Waals surface area contributed by atoms with Crippen molar-refractivity contribution in [3.63, 3.8) is 0 Å². The van der Waals surface area contributed by atoms with Crippen LogP contribution in [0, 0.1) is 0 Å². The highest BCUT2D eigenvalue weighted by Gasteiger charge is 2.42. The molecule has 5 nitrogen and oxygen atoms in total. The first-order chi connectivity index (χ1) is 8.15. The molecule has 6 heteroatoms. The van der Waals surface area contributed by atoms with Gasteiger partial charge in [-0.15, -0.1) is 0 Å². The number of rotatable bonds is 4. The van der Waals surface area contributed by atoms with E-state index in [1.807, 2.05) is 12.1 Å². The Bertz CT molecular complexity index is 412. The van der Waals surface area contributed by atoms with Crippen LogP contribution in [0.5, 0.6) is 0 Å². The molecule has 0 amide bonds. The van der Waals surface area contributed by atoms with Crippen LogP contribution in [0.1, 0.15) is 18.4 Å². The normalized spacial score (nSPS) is 27.9. The van der Waals surface area contributed by atoms with Crippen molar-refractivity contribution in [2.75, 3.05) is 19.7 Å². The van der Waals surface area contributed by atoms with Gasteiger partial charge in [0, 0.05) is 31.4 Å². The smallest absolute Gasteiger partial charge is 0.324 e. The Labute approximate surface area is 101 Å². The molecule has 0 radical (unpaired) electrons. The molecule has 1 fully saturated rings. The Morgan fingerprint density at radius 1 is 1.65 bits per heavy atom. The molecule has 1 saturated heterocycles. The first-order valence-corrected chi connectivity index (χ1v) is 7.37. The number of nitrogens with one attached hydrogen (secondary N) is 1. The fourth-order valence-electron chi connectivity index (χ4n) is 2.22. The fourth-order valence-corrected chi connectivity index (χ4v) is 3.88. The highest BCUT2D eigenvalue weighted by atomic mass is 31.2. The maximum atomic E-state index is 12.1. The molecule has 1 aromatic heterocycles. The third-order valence-electron chi connectivity index (χ3n) is 3.03. The van der Waals surface area contributed by atoms with E-state index in [-0.39, 0.29) is 18.2 Å². The summed E-state index contributed by atoms with van der Waals surface area (Å²) in [5, 5.41) is 3.15. The summed E-state index contributed by atoms with van der Waals surface area (Å²) < 4.78 is 17.1. The second kappa shape index (κ2) is 5.27. The molecule has 0 bridgehead atoms. The number of aromatic nitrogens is 1. The zero-order valence-corrected chi connectivity index (χ0v) is 10.6. The van der Waals surface area contributed by atoms with Crippen molar-refractivity contribution < 1.29 is 14.0 Å². The highest BCUT2D eigenvalue weighted by Crippen LogP contribution is 2.53. The van der Waals surface area contributed by atoms with Crippen molar-refractivity contribution in [3.05, 3.63) is 30.1 Å². The Morgan fingerprint density at radius 3 is 3.12 bits per heavy atom. The maximum absolute atomic E-state index is 12.1. The van der Waals surface area contributed by atoms with E-state index in [1.165, 1.54) is 0 Å². The summed E-state index contributed by atoms with van der Waals surface area (Å²) >= 11 is 0. The molecule has 1 aromatic rings. The summed E-state index contributed by atoms with van der Waals surface area (Å²) in [5.41, 5.74) is 0.600. The van der Waals surface area contributed by atoms with Gasteiger partial charge in [-0.25, -0.2) is 0 Å². The van der Waals surface area contributed by atoms with E-state index in [9.17, 15) is 9.46 Å². The summed E-state index contributed by atoms with van der Waals surface area (Å²) in [4.78, 5) is 14.0. The summed E-state index contributed by atoms with van der Waals surface area (Å²) in [6.07, 6.45) is 3.44. The number of hydrogen-bond donors (Lipinski definition) is 2. The van der Waals surface area contributed by atoms with Crippen LogP contribution in [-0.2, 0) is 9.09 Å². The van der Waals surface area contributed by atoms with Crippen LogP contribution in [0.25, 0.3) is 0 Å². The summed E-state index contributed by atoms with van der Waals surface area (Å²) in [5.74, 6) is -0.00826. The van der Waals surface area contributed by atoms with E-state index >= 15 is 0 Å². The molecule has 0 saturated carbocycles. The number of pyridine rings is 1. The van der Waals surface area contributed by atoms with Gasteiger partial charge in [0.25, 0.3) is 0 Å². The summed E-state index contributed by atoms with van der Waals surface area (Å²) in [7, 11) is -3.55. The van der Waals surface area contributed by atoms with Crippen molar-refractivity contribution in [1.29, 1.82) is 0 Å². The second-order valence-electron chi connectivity index (χ2n) is 4.10. The predicted molar refractivity (Wildman–Crippen MR) is 65.1 cm³/mol. The first-order valence-electron chi connectivity index (χ1n) is 5.73. The molecule has 1 aliphatic heterocycles. The standard InChI is InChI=1S/C11H17N2O3P/c1-2-16-17(14,15)11-8-13-7-10(11)9-4-3-5-12-6-9/h3-6,10-11,13H,2,7-8H2,1H3,(H,14,15). The molecule has 0 spiro atoms. The minimum absolute atomic E-state index is 0.00826. The molecule has 94 valence electrons. The van der Waals surface area contributed by atoms with Crippen LogP contribution in [0.4, 0.5) is 0 Å². The van der Waals surface area contributed by atoms with Gasteiger partial charge < -0.3 is 14.7 Å². The highest BCUT2D eigenvalue weighted by molar-refractivity contribution is 7.53. The average Bonchev–Trinajstić information content (AvgIpc) is 2.79. The Kier molecular flexibility index (Phi) is 3.94. The summed E-state index contributed by atoms with van der Waals surface area (Å²) in [6, 6.07) is 3.78. The van der Waals surface area contributed by atoms with Crippen LogP contribution in [0.15, 0.2) is 24.5 Å². The van der Waals surface area contributed by atoms with Crippen molar-refractivity contribution in [2.45, 2.75) is 18.5 Å². The molecule has 3 atom stereocenters. The Morgan fingerprint density at radius 2 is 2.47 bits per heavy atom. The van der Waals surface area contributed by atoms with E-state index in [0.29, 0.717) is 13.1 Å². The minimum Gasteiger partial charge on any atom is -0.324 e. The van der Waals surface area contributed by atoms with Gasteiger partial charge in [0.15, 0.2) is 0 Å². The van der Waals surface area contributed by atoms with Gasteiger partial charge in [0.05, 0.1) is 12.3 Å². The van der Waals surface area contributed by atoms with Gasteiger partial charge >= 0.3 is 7.60 Å². The molecular weight excluding hydrogens is 239 g/mol. The Hall–Kier alpha value is -0.740. The predicted octanol–water partition coefficient (Wildman–Crippen LogP) is 1.36. The van der Waals surface area contributed by atoms with Crippen molar-refractivity contribution >= 4 is 7.60 Å². The lowest BCUT2D eigenvalue weighted by molar-refractivity contribution is 0.263. The SMILES string of the molecule is CCOP(=O)(O)C1CNCC1c1cccnc1. The van der Waals surface area contributed by atoms with E-state index in [2.05, 4.69) is 10.3 Å². The van der Waals surface area contributed by atoms with Gasteiger partial charge in [0.1, 0.15) is 0 Å². The van der Waals surface area contributed by atoms with Crippen molar-refractivity contribution in [1.82, 2.24) is 10.3 Å². The van der Waals surface area contributed by atoms with E-state index in [4.69, 9.17) is 4.52 Å². The zero-order valence-electron chi connectivity index (χ0n) is 9.74. The molecule has 0 aliphatic carbocycles. The van der Waals surface area contributed by atoms with Gasteiger partial charge in [0.2, 0.25) is 0 Å². The molecule has 0 aromatic carbocycles. The molecule has 3 unspecified atom stereocenters. The molecule has 17 heavy (non-hydrogen) atoms. The molecule has 2 heterocycles. The van der Waals surface area contributed by atoms with Crippen molar-refractivity contribution in [2.24, 2.45) is 0 Å². The van der Waals surface area contributed by atoms with Crippen LogP contribution in [-0.4, -0.2) is 35.2 Å². The quantitative estimate of drug-likeness (QED) is 0.796. The van der Waals surface area contributed by atoms with E-state index in [0.717, 1.165) is 5.56 Å². The lowest BCUT2D eigenvalue weighted by Crippen LogP contribution is -2.19. The topological polar surface area (TPSA) is 71.5 Å². The average molecular weight is 256 g/mol. The number of hydrogen-bond acceptors (Lipinski definition) is 4. The van der Waals surface area contributed by atoms with Crippen molar-refractivity contribution in [3.8, 4) is 0 Å². The van der Waals surface area contributed by atoms with E-state index < -0.39 is 7.60 Å². The zero-order chi connectivity index (χ0) is 12.3. The molecule has 2 rings (SSSR count).